The predicted octanol–water partition coefficient (Wildman–Crippen LogP) is 6.48. The summed E-state index contributed by atoms with van der Waals surface area (Å²) in [6.07, 6.45) is 4.54. The minimum Gasteiger partial charge on any atom is -0.444 e. The number of ether oxygens (including phenoxy) is 1. The van der Waals surface area contributed by atoms with Crippen LogP contribution in [0.4, 0.5) is 16.3 Å². The van der Waals surface area contributed by atoms with Crippen LogP contribution in [0.2, 0.25) is 0 Å². The molecule has 1 heterocycles. The van der Waals surface area contributed by atoms with Crippen LogP contribution in [-0.4, -0.2) is 39.8 Å². The van der Waals surface area contributed by atoms with E-state index in [-0.39, 0.29) is 11.8 Å². The number of hydrogen-bond acceptors (Lipinski definition) is 5. The Balaban J connectivity index is 1.57. The highest BCUT2D eigenvalue weighted by Crippen LogP contribution is 2.25. The molecule has 0 atom stereocenters. The first-order valence-electron chi connectivity index (χ1n) is 13.6. The molecule has 9 nitrogen and oxygen atoms in total. The Labute approximate surface area is 241 Å². The molecule has 0 saturated heterocycles. The molecule has 2 aromatic carbocycles. The highest BCUT2D eigenvalue weighted by atomic mass is 16.6. The summed E-state index contributed by atoms with van der Waals surface area (Å²) >= 11 is 0. The lowest BCUT2D eigenvalue weighted by Crippen LogP contribution is -2.33. The standard InChI is InChI=1S/C32H39N5O4/c1-7-22(15-12-20-33-31(40)41-32(3,4)5)26(8-2)30(39)34-25-18-16-23(17-19-25)27-21-28(37(6)36-27)35-29(38)24-13-10-9-11-14-24/h7-11,13-14,16-19,21H,12,15,20H2,1-6H3,(H,33,40)(H,34,39)(H,35,38)/b22-7-,26-8+. The van der Waals surface area contributed by atoms with E-state index in [1.54, 1.807) is 29.9 Å². The summed E-state index contributed by atoms with van der Waals surface area (Å²) in [6, 6.07) is 18.2. The minimum atomic E-state index is -0.548. The SMILES string of the molecule is C/C=C(CCCNC(=O)OC(C)(C)C)\C(=C/C)C(=O)Nc1ccc(-c2cc(NC(=O)c3ccccc3)n(C)n2)cc1. The van der Waals surface area contributed by atoms with Gasteiger partial charge in [-0.3, -0.25) is 14.3 Å². The quantitative estimate of drug-likeness (QED) is 0.150. The van der Waals surface area contributed by atoms with Gasteiger partial charge in [0.25, 0.3) is 11.8 Å². The number of aromatic nitrogens is 2. The fraction of sp³-hybridized carbons (Fsp3) is 0.312. The molecule has 1 aromatic heterocycles. The third-order valence-electron chi connectivity index (χ3n) is 6.11. The molecule has 3 aromatic rings. The fourth-order valence-corrected chi connectivity index (χ4v) is 4.11. The number of benzene rings is 2. The van der Waals surface area contributed by atoms with Gasteiger partial charge in [0.15, 0.2) is 0 Å². The largest absolute Gasteiger partial charge is 0.444 e. The number of nitrogens with one attached hydrogen (secondary N) is 3. The van der Waals surface area contributed by atoms with Crippen molar-refractivity contribution in [1.29, 1.82) is 0 Å². The number of carbonyl (C=O) groups is 3. The molecule has 41 heavy (non-hydrogen) atoms. The summed E-state index contributed by atoms with van der Waals surface area (Å²) in [6.45, 7) is 9.62. The average Bonchev–Trinajstić information content (AvgIpc) is 3.29. The van der Waals surface area contributed by atoms with Crippen LogP contribution in [0.25, 0.3) is 11.3 Å². The molecule has 0 fully saturated rings. The molecule has 3 N–H and O–H groups in total. The Kier molecular flexibility index (Phi) is 10.6. The molecule has 0 aliphatic carbocycles. The van der Waals surface area contributed by atoms with Gasteiger partial charge in [-0.25, -0.2) is 4.79 Å². The molecule has 0 radical (unpaired) electrons. The number of hydrogen-bond donors (Lipinski definition) is 3. The van der Waals surface area contributed by atoms with Gasteiger partial charge in [-0.1, -0.05) is 42.5 Å². The van der Waals surface area contributed by atoms with Crippen molar-refractivity contribution in [3.05, 3.63) is 89.5 Å². The Morgan fingerprint density at radius 1 is 0.951 bits per heavy atom. The van der Waals surface area contributed by atoms with Crippen molar-refractivity contribution < 1.29 is 19.1 Å². The van der Waals surface area contributed by atoms with Gasteiger partial charge in [0.2, 0.25) is 0 Å². The molecular weight excluding hydrogens is 518 g/mol. The molecule has 0 aliphatic heterocycles. The minimum absolute atomic E-state index is 0.210. The first-order chi connectivity index (χ1) is 19.5. The van der Waals surface area contributed by atoms with Gasteiger partial charge in [-0.2, -0.15) is 5.10 Å². The Hall–Kier alpha value is -4.66. The number of amides is 3. The number of allylic oxidation sites excluding steroid dienone is 2. The molecular formula is C32H39N5O4. The zero-order valence-corrected chi connectivity index (χ0v) is 24.6. The molecule has 0 unspecified atom stereocenters. The van der Waals surface area contributed by atoms with Crippen molar-refractivity contribution in [2.45, 2.75) is 53.1 Å². The second kappa shape index (κ2) is 14.1. The third kappa shape index (κ3) is 9.20. The summed E-state index contributed by atoms with van der Waals surface area (Å²) < 4.78 is 6.87. The van der Waals surface area contributed by atoms with Crippen molar-refractivity contribution in [3.8, 4) is 11.3 Å². The van der Waals surface area contributed by atoms with Gasteiger partial charge in [0.05, 0.1) is 5.69 Å². The van der Waals surface area contributed by atoms with Gasteiger partial charge in [-0.15, -0.1) is 0 Å². The first kappa shape index (κ1) is 30.9. The Morgan fingerprint density at radius 3 is 2.24 bits per heavy atom. The zero-order valence-electron chi connectivity index (χ0n) is 24.6. The lowest BCUT2D eigenvalue weighted by Gasteiger charge is -2.19. The van der Waals surface area contributed by atoms with Gasteiger partial charge in [-0.05, 0) is 77.3 Å². The lowest BCUT2D eigenvalue weighted by molar-refractivity contribution is -0.112. The lowest BCUT2D eigenvalue weighted by atomic mass is 9.99. The summed E-state index contributed by atoms with van der Waals surface area (Å²) in [5.74, 6) is 0.152. The maximum Gasteiger partial charge on any atom is 0.407 e. The van der Waals surface area contributed by atoms with Crippen LogP contribution in [0.1, 0.15) is 57.8 Å². The summed E-state index contributed by atoms with van der Waals surface area (Å²) in [7, 11) is 1.77. The predicted molar refractivity (Wildman–Crippen MR) is 163 cm³/mol. The van der Waals surface area contributed by atoms with E-state index in [1.807, 2.05) is 89.2 Å². The second-order valence-corrected chi connectivity index (χ2v) is 10.4. The third-order valence-corrected chi connectivity index (χ3v) is 6.11. The molecule has 0 spiro atoms. The van der Waals surface area contributed by atoms with Gasteiger partial charge in [0.1, 0.15) is 11.4 Å². The molecule has 3 rings (SSSR count). The monoisotopic (exact) mass is 557 g/mol. The van der Waals surface area contributed by atoms with E-state index in [4.69, 9.17) is 4.74 Å². The van der Waals surface area contributed by atoms with Crippen LogP contribution in [0, 0.1) is 0 Å². The van der Waals surface area contributed by atoms with Crippen molar-refractivity contribution in [1.82, 2.24) is 15.1 Å². The maximum atomic E-state index is 13.1. The van der Waals surface area contributed by atoms with Gasteiger partial charge >= 0.3 is 6.09 Å². The van der Waals surface area contributed by atoms with Crippen molar-refractivity contribution in [2.24, 2.45) is 7.05 Å². The maximum absolute atomic E-state index is 13.1. The van der Waals surface area contributed by atoms with E-state index in [1.165, 1.54) is 0 Å². The summed E-state index contributed by atoms with van der Waals surface area (Å²) in [4.78, 5) is 37.5. The van der Waals surface area contributed by atoms with E-state index in [2.05, 4.69) is 21.0 Å². The van der Waals surface area contributed by atoms with Crippen molar-refractivity contribution >= 4 is 29.4 Å². The van der Waals surface area contributed by atoms with Gasteiger partial charge < -0.3 is 20.7 Å². The van der Waals surface area contributed by atoms with E-state index in [0.29, 0.717) is 47.7 Å². The van der Waals surface area contributed by atoms with Crippen LogP contribution < -0.4 is 16.0 Å². The van der Waals surface area contributed by atoms with Crippen LogP contribution in [0.15, 0.2) is 84.0 Å². The van der Waals surface area contributed by atoms with Crippen molar-refractivity contribution in [2.75, 3.05) is 17.2 Å². The molecule has 9 heteroatoms. The highest BCUT2D eigenvalue weighted by Gasteiger charge is 2.17. The number of alkyl carbamates (subject to hydrolysis) is 1. The number of rotatable bonds is 10. The molecule has 0 saturated carbocycles. The zero-order chi connectivity index (χ0) is 30.0. The number of carbonyl (C=O) groups excluding carboxylic acids is 3. The summed E-state index contributed by atoms with van der Waals surface area (Å²) in [5.41, 5.74) is 3.68. The second-order valence-electron chi connectivity index (χ2n) is 10.4. The molecule has 3 amide bonds. The van der Waals surface area contributed by atoms with E-state index in [9.17, 15) is 14.4 Å². The average molecular weight is 558 g/mol. The van der Waals surface area contributed by atoms with Crippen LogP contribution in [0.5, 0.6) is 0 Å². The van der Waals surface area contributed by atoms with Gasteiger partial charge in [0, 0.05) is 42.0 Å². The normalized spacial score (nSPS) is 12.0. The van der Waals surface area contributed by atoms with E-state index < -0.39 is 11.7 Å². The van der Waals surface area contributed by atoms with Crippen LogP contribution in [0.3, 0.4) is 0 Å². The number of aryl methyl sites for hydroxylation is 1. The van der Waals surface area contributed by atoms with Crippen molar-refractivity contribution in [3.63, 3.8) is 0 Å². The van der Waals surface area contributed by atoms with E-state index >= 15 is 0 Å². The molecule has 216 valence electrons. The number of nitrogens with zero attached hydrogens (tertiary/aromatic N) is 2. The molecule has 0 bridgehead atoms. The topological polar surface area (TPSA) is 114 Å². The Bertz CT molecular complexity index is 1410. The van der Waals surface area contributed by atoms with Crippen LogP contribution >= 0.6 is 0 Å². The first-order valence-corrected chi connectivity index (χ1v) is 13.6. The van der Waals surface area contributed by atoms with Crippen LogP contribution in [-0.2, 0) is 16.6 Å². The Morgan fingerprint density at radius 2 is 1.63 bits per heavy atom. The highest BCUT2D eigenvalue weighted by molar-refractivity contribution is 6.07. The number of anilines is 2. The van der Waals surface area contributed by atoms with E-state index in [0.717, 1.165) is 11.1 Å². The summed E-state index contributed by atoms with van der Waals surface area (Å²) in [5, 5.41) is 13.1. The smallest absolute Gasteiger partial charge is 0.407 e. The fourth-order valence-electron chi connectivity index (χ4n) is 4.11. The molecule has 0 aliphatic rings.